The molecule has 0 amide bonds. The van der Waals surface area contributed by atoms with Crippen LogP contribution in [0.15, 0.2) is 48.7 Å². The molecule has 1 aromatic carbocycles. The first-order chi connectivity index (χ1) is 9.19. The lowest BCUT2D eigenvalue weighted by molar-refractivity contribution is -0.112. The third kappa shape index (κ3) is 3.43. The highest BCUT2D eigenvalue weighted by atomic mass is 16.1. The number of hydrogen-bond donors (Lipinski definition) is 0. The lowest BCUT2D eigenvalue weighted by Crippen LogP contribution is -2.00. The molecule has 19 heavy (non-hydrogen) atoms. The van der Waals surface area contributed by atoms with Crippen molar-refractivity contribution in [3.63, 3.8) is 0 Å². The number of carbonyl (C=O) groups excluding carboxylic acids is 1. The number of nitrogens with zero attached hydrogens (tertiary/aromatic N) is 2. The predicted octanol–water partition coefficient (Wildman–Crippen LogP) is 3.01. The van der Waals surface area contributed by atoms with Crippen molar-refractivity contribution in [1.29, 1.82) is 5.26 Å². The minimum absolute atomic E-state index is 0.0271. The summed E-state index contributed by atoms with van der Waals surface area (Å²) in [6.45, 7) is 2.21. The first-order valence-corrected chi connectivity index (χ1v) is 6.02. The van der Waals surface area contributed by atoms with E-state index in [1.807, 2.05) is 41.1 Å². The average Bonchev–Trinajstić information content (AvgIpc) is 2.84. The Kier molecular flexibility index (Phi) is 3.94. The molecule has 3 heteroatoms. The average molecular weight is 250 g/mol. The van der Waals surface area contributed by atoms with Crippen molar-refractivity contribution >= 4 is 11.9 Å². The summed E-state index contributed by atoms with van der Waals surface area (Å²) < 4.78 is 2.04. The van der Waals surface area contributed by atoms with Gasteiger partial charge in [-0.3, -0.25) is 4.79 Å². The molecule has 0 aliphatic rings. The summed E-state index contributed by atoms with van der Waals surface area (Å²) in [4.78, 5) is 11.0. The molecule has 1 aromatic heterocycles. The summed E-state index contributed by atoms with van der Waals surface area (Å²) >= 11 is 0. The van der Waals surface area contributed by atoms with E-state index in [0.717, 1.165) is 11.3 Å². The van der Waals surface area contributed by atoms with Crippen LogP contribution < -0.4 is 0 Å². The molecule has 0 saturated carbocycles. The van der Waals surface area contributed by atoms with Crippen LogP contribution in [0.3, 0.4) is 0 Å². The summed E-state index contributed by atoms with van der Waals surface area (Å²) in [6.07, 6.45) is 5.31. The van der Waals surface area contributed by atoms with Crippen molar-refractivity contribution in [3.8, 4) is 6.07 Å². The van der Waals surface area contributed by atoms with E-state index in [4.69, 9.17) is 5.26 Å². The van der Waals surface area contributed by atoms with Gasteiger partial charge in [-0.1, -0.05) is 12.1 Å². The van der Waals surface area contributed by atoms with E-state index in [1.54, 1.807) is 18.2 Å². The summed E-state index contributed by atoms with van der Waals surface area (Å²) in [5.74, 6) is 0.0271. The molecule has 0 radical (unpaired) electrons. The van der Waals surface area contributed by atoms with Crippen LogP contribution in [-0.2, 0) is 11.3 Å². The fourth-order valence-electron chi connectivity index (χ4n) is 1.86. The molecule has 0 atom stereocenters. The Morgan fingerprint density at radius 1 is 1.37 bits per heavy atom. The number of hydrogen-bond acceptors (Lipinski definition) is 2. The van der Waals surface area contributed by atoms with E-state index in [2.05, 4.69) is 6.07 Å². The second-order valence-corrected chi connectivity index (χ2v) is 4.32. The summed E-state index contributed by atoms with van der Waals surface area (Å²) in [5, 5.41) is 8.88. The zero-order chi connectivity index (χ0) is 13.7. The van der Waals surface area contributed by atoms with Gasteiger partial charge in [-0.2, -0.15) is 5.26 Å². The number of aromatic nitrogens is 1. The van der Waals surface area contributed by atoms with Gasteiger partial charge in [-0.05, 0) is 48.9 Å². The molecule has 0 fully saturated rings. The highest BCUT2D eigenvalue weighted by Gasteiger charge is 2.00. The smallest absolute Gasteiger partial charge is 0.152 e. The summed E-state index contributed by atoms with van der Waals surface area (Å²) in [6, 6.07) is 13.5. The molecule has 1 heterocycles. The van der Waals surface area contributed by atoms with Crippen molar-refractivity contribution in [3.05, 3.63) is 65.5 Å². The maximum absolute atomic E-state index is 11.0. The quantitative estimate of drug-likeness (QED) is 0.783. The first kappa shape index (κ1) is 12.8. The van der Waals surface area contributed by atoms with Crippen LogP contribution in [-0.4, -0.2) is 10.4 Å². The molecule has 0 saturated heterocycles. The van der Waals surface area contributed by atoms with Gasteiger partial charge in [0.15, 0.2) is 5.78 Å². The van der Waals surface area contributed by atoms with Crippen LogP contribution in [0.25, 0.3) is 6.08 Å². The minimum atomic E-state index is 0.0271. The Hall–Kier alpha value is -2.60. The Morgan fingerprint density at radius 3 is 2.95 bits per heavy atom. The Morgan fingerprint density at radius 2 is 2.21 bits per heavy atom. The van der Waals surface area contributed by atoms with Crippen LogP contribution in [0.2, 0.25) is 0 Å². The number of allylic oxidation sites excluding steroid dienone is 1. The molecular weight excluding hydrogens is 236 g/mol. The van der Waals surface area contributed by atoms with Crippen LogP contribution in [0, 0.1) is 11.3 Å². The van der Waals surface area contributed by atoms with Gasteiger partial charge in [0, 0.05) is 18.4 Å². The highest BCUT2D eigenvalue weighted by Crippen LogP contribution is 2.11. The van der Waals surface area contributed by atoms with Crippen molar-refractivity contribution in [2.45, 2.75) is 13.5 Å². The third-order valence-electron chi connectivity index (χ3n) is 2.76. The van der Waals surface area contributed by atoms with Crippen LogP contribution in [0.1, 0.15) is 23.7 Å². The first-order valence-electron chi connectivity index (χ1n) is 6.02. The number of ketones is 1. The SMILES string of the molecule is CC(=O)/C=C/c1cccn1Cc1cccc(C#N)c1. The molecule has 94 valence electrons. The zero-order valence-electron chi connectivity index (χ0n) is 10.7. The maximum atomic E-state index is 11.0. The minimum Gasteiger partial charge on any atom is -0.344 e. The zero-order valence-corrected chi connectivity index (χ0v) is 10.7. The van der Waals surface area contributed by atoms with Gasteiger partial charge in [0.25, 0.3) is 0 Å². The van der Waals surface area contributed by atoms with E-state index in [-0.39, 0.29) is 5.78 Å². The number of rotatable bonds is 4. The Labute approximate surface area is 112 Å². The molecule has 2 aromatic rings. The van der Waals surface area contributed by atoms with Crippen molar-refractivity contribution in [2.75, 3.05) is 0 Å². The van der Waals surface area contributed by atoms with E-state index < -0.39 is 0 Å². The molecule has 0 N–H and O–H groups in total. The van der Waals surface area contributed by atoms with Gasteiger partial charge in [0.2, 0.25) is 0 Å². The Bertz CT molecular complexity index is 659. The molecule has 3 nitrogen and oxygen atoms in total. The normalized spacial score (nSPS) is 10.5. The number of carbonyl (C=O) groups is 1. The van der Waals surface area contributed by atoms with Gasteiger partial charge in [-0.25, -0.2) is 0 Å². The van der Waals surface area contributed by atoms with E-state index >= 15 is 0 Å². The van der Waals surface area contributed by atoms with E-state index in [1.165, 1.54) is 6.92 Å². The van der Waals surface area contributed by atoms with Crippen molar-refractivity contribution in [2.24, 2.45) is 0 Å². The monoisotopic (exact) mass is 250 g/mol. The fourth-order valence-corrected chi connectivity index (χ4v) is 1.86. The van der Waals surface area contributed by atoms with Crippen molar-refractivity contribution < 1.29 is 4.79 Å². The third-order valence-corrected chi connectivity index (χ3v) is 2.76. The molecule has 0 aliphatic carbocycles. The Balaban J connectivity index is 2.22. The maximum Gasteiger partial charge on any atom is 0.152 e. The highest BCUT2D eigenvalue weighted by molar-refractivity contribution is 5.91. The molecule has 2 rings (SSSR count). The van der Waals surface area contributed by atoms with E-state index in [0.29, 0.717) is 12.1 Å². The summed E-state index contributed by atoms with van der Waals surface area (Å²) in [5.41, 5.74) is 2.69. The second kappa shape index (κ2) is 5.83. The van der Waals surface area contributed by atoms with Crippen LogP contribution in [0.4, 0.5) is 0 Å². The number of nitriles is 1. The van der Waals surface area contributed by atoms with Crippen molar-refractivity contribution in [1.82, 2.24) is 4.57 Å². The predicted molar refractivity (Wildman–Crippen MR) is 74.4 cm³/mol. The van der Waals surface area contributed by atoms with Gasteiger partial charge in [-0.15, -0.1) is 0 Å². The van der Waals surface area contributed by atoms with Crippen LogP contribution in [0.5, 0.6) is 0 Å². The molecule has 0 unspecified atom stereocenters. The molecular formula is C16H14N2O. The van der Waals surface area contributed by atoms with Gasteiger partial charge in [0.1, 0.15) is 0 Å². The van der Waals surface area contributed by atoms with Gasteiger partial charge < -0.3 is 4.57 Å². The standard InChI is InChI=1S/C16H14N2O/c1-13(19)7-8-16-6-3-9-18(16)12-15-5-2-4-14(10-15)11-17/h2-10H,12H2,1H3/b8-7+. The second-order valence-electron chi connectivity index (χ2n) is 4.32. The molecule has 0 aliphatic heterocycles. The number of benzene rings is 1. The molecule has 0 bridgehead atoms. The summed E-state index contributed by atoms with van der Waals surface area (Å²) in [7, 11) is 0. The lowest BCUT2D eigenvalue weighted by atomic mass is 10.1. The fraction of sp³-hybridized carbons (Fsp3) is 0.125. The molecule has 0 spiro atoms. The van der Waals surface area contributed by atoms with E-state index in [9.17, 15) is 4.79 Å². The van der Waals surface area contributed by atoms with Gasteiger partial charge >= 0.3 is 0 Å². The van der Waals surface area contributed by atoms with Crippen LogP contribution >= 0.6 is 0 Å². The van der Waals surface area contributed by atoms with Gasteiger partial charge in [0.05, 0.1) is 11.6 Å². The largest absolute Gasteiger partial charge is 0.344 e. The topological polar surface area (TPSA) is 45.8 Å². The lowest BCUT2D eigenvalue weighted by Gasteiger charge is -2.06.